The summed E-state index contributed by atoms with van der Waals surface area (Å²) in [5.74, 6) is 1.38. The van der Waals surface area contributed by atoms with Crippen LogP contribution in [0.4, 0.5) is 16.2 Å². The number of nitrogens with zero attached hydrogens (tertiary/aromatic N) is 7. The maximum Gasteiger partial charge on any atom is 0.410 e. The molecule has 6 heterocycles. The number of para-hydroxylation sites is 2. The molecule has 2 fully saturated rings. The number of hydrogen-bond acceptors (Lipinski definition) is 9. The summed E-state index contributed by atoms with van der Waals surface area (Å²) >= 11 is 0. The molecule has 78 heavy (non-hydrogen) atoms. The lowest BCUT2D eigenvalue weighted by Crippen LogP contribution is -2.42. The molecule has 14 nitrogen and oxygen atoms in total. The monoisotopic (exact) mass is 1080 g/mol. The SMILES string of the molecule is Cc1cc(C(=O)N2Cc3cnn(C)c3Cc3ccccc32)ccc1CCC(=O)CC1CCN(C(=O)OC(C)(C)C)CC1.Cc1cc(C(=O)N2Cc3cnn(C)c3Cc3ccccc32)ccc1CCC(=O)CC1CCNCC1.Cl. The summed E-state index contributed by atoms with van der Waals surface area (Å²) in [6.07, 6.45) is 12.5. The Balaban J connectivity index is 0.000000206. The fourth-order valence-corrected chi connectivity index (χ4v) is 11.5. The van der Waals surface area contributed by atoms with Gasteiger partial charge in [0.05, 0.1) is 25.5 Å². The highest BCUT2D eigenvalue weighted by molar-refractivity contribution is 6.07. The molecule has 4 aliphatic rings. The molecule has 2 aromatic heterocycles. The van der Waals surface area contributed by atoms with E-state index in [1.54, 1.807) is 4.90 Å². The van der Waals surface area contributed by atoms with Gasteiger partial charge in [0.25, 0.3) is 11.8 Å². The number of ether oxygens (including phenoxy) is 1. The van der Waals surface area contributed by atoms with Gasteiger partial charge in [0.2, 0.25) is 0 Å². The number of halogens is 1. The number of carbonyl (C=O) groups is 5. The molecule has 4 aliphatic heterocycles. The summed E-state index contributed by atoms with van der Waals surface area (Å²) in [7, 11) is 3.90. The summed E-state index contributed by atoms with van der Waals surface area (Å²) in [5, 5.41) is 12.2. The van der Waals surface area contributed by atoms with Crippen LogP contribution in [0, 0.1) is 25.7 Å². The van der Waals surface area contributed by atoms with Gasteiger partial charge < -0.3 is 24.8 Å². The van der Waals surface area contributed by atoms with Gasteiger partial charge in [0.15, 0.2) is 0 Å². The van der Waals surface area contributed by atoms with Crippen LogP contribution in [0.15, 0.2) is 97.3 Å². The van der Waals surface area contributed by atoms with E-state index < -0.39 is 5.60 Å². The number of nitrogens with one attached hydrogen (secondary N) is 1. The maximum atomic E-state index is 13.8. The predicted octanol–water partition coefficient (Wildman–Crippen LogP) is 10.8. The highest BCUT2D eigenvalue weighted by atomic mass is 35.5. The van der Waals surface area contributed by atoms with E-state index in [-0.39, 0.29) is 36.1 Å². The zero-order valence-electron chi connectivity index (χ0n) is 46.6. The van der Waals surface area contributed by atoms with Crippen molar-refractivity contribution < 1.29 is 28.7 Å². The number of aryl methyl sites for hydroxylation is 6. The number of carbonyl (C=O) groups excluding carboxylic acids is 5. The average molecular weight is 1080 g/mol. The van der Waals surface area contributed by atoms with Crippen molar-refractivity contribution in [3.63, 3.8) is 0 Å². The molecule has 0 atom stereocenters. The zero-order valence-corrected chi connectivity index (χ0v) is 47.4. The Hall–Kier alpha value is -6.90. The molecule has 15 heteroatoms. The first kappa shape index (κ1) is 57.3. The number of Topliss-reactive ketones (excluding diaryl/α,β-unsaturated/α-hetero) is 2. The molecule has 0 spiro atoms. The van der Waals surface area contributed by atoms with Gasteiger partial charge in [-0.1, -0.05) is 48.5 Å². The van der Waals surface area contributed by atoms with Crippen LogP contribution in [-0.4, -0.2) is 85.7 Å². The Morgan fingerprint density at radius 1 is 0.603 bits per heavy atom. The Kier molecular flexibility index (Phi) is 18.6. The summed E-state index contributed by atoms with van der Waals surface area (Å²) in [4.78, 5) is 70.8. The number of ketones is 2. The Morgan fingerprint density at radius 2 is 1.04 bits per heavy atom. The van der Waals surface area contributed by atoms with E-state index in [9.17, 15) is 24.0 Å². The van der Waals surface area contributed by atoms with Crippen molar-refractivity contribution in [2.45, 2.75) is 130 Å². The molecule has 0 aliphatic carbocycles. The highest BCUT2D eigenvalue weighted by Gasteiger charge is 2.31. The number of rotatable bonds is 12. The molecule has 10 rings (SSSR count). The summed E-state index contributed by atoms with van der Waals surface area (Å²) in [5.41, 5.74) is 13.7. The number of aromatic nitrogens is 4. The van der Waals surface area contributed by atoms with Crippen molar-refractivity contribution in [3.05, 3.63) is 164 Å². The minimum Gasteiger partial charge on any atom is -0.444 e. The molecule has 0 bridgehead atoms. The molecule has 3 amide bonds. The van der Waals surface area contributed by atoms with Gasteiger partial charge >= 0.3 is 6.09 Å². The lowest BCUT2D eigenvalue weighted by Gasteiger charge is -2.33. The van der Waals surface area contributed by atoms with Crippen molar-refractivity contribution in [1.29, 1.82) is 0 Å². The minimum absolute atomic E-state index is 0. The lowest BCUT2D eigenvalue weighted by molar-refractivity contribution is -0.121. The molecular formula is C63H77ClN8O6. The van der Waals surface area contributed by atoms with Crippen molar-refractivity contribution >= 4 is 53.3 Å². The van der Waals surface area contributed by atoms with Crippen LogP contribution >= 0.6 is 12.4 Å². The number of hydrogen-bond donors (Lipinski definition) is 1. The first-order chi connectivity index (χ1) is 37.0. The number of anilines is 2. The van der Waals surface area contributed by atoms with Gasteiger partial charge in [-0.05, 0) is 168 Å². The summed E-state index contributed by atoms with van der Waals surface area (Å²) < 4.78 is 9.28. The largest absolute Gasteiger partial charge is 0.444 e. The normalized spacial score (nSPS) is 15.5. The first-order valence-electron chi connectivity index (χ1n) is 27.7. The fraction of sp³-hybridized carbons (Fsp3) is 0.444. The van der Waals surface area contributed by atoms with Crippen LogP contribution in [0.5, 0.6) is 0 Å². The molecule has 2 saturated heterocycles. The van der Waals surface area contributed by atoms with E-state index in [2.05, 4.69) is 27.6 Å². The Morgan fingerprint density at radius 3 is 1.47 bits per heavy atom. The van der Waals surface area contributed by atoms with E-state index in [1.165, 1.54) is 0 Å². The van der Waals surface area contributed by atoms with Crippen molar-refractivity contribution in [2.24, 2.45) is 25.9 Å². The van der Waals surface area contributed by atoms with E-state index in [1.807, 2.05) is 153 Å². The van der Waals surface area contributed by atoms with E-state index in [4.69, 9.17) is 4.74 Å². The molecule has 0 saturated carbocycles. The maximum absolute atomic E-state index is 13.8. The van der Waals surface area contributed by atoms with Crippen molar-refractivity contribution in [2.75, 3.05) is 36.0 Å². The highest BCUT2D eigenvalue weighted by Crippen LogP contribution is 2.34. The van der Waals surface area contributed by atoms with Crippen LogP contribution in [0.25, 0.3) is 0 Å². The standard InChI is InChI=1S/C34H42N4O4.C29H34N4O2.ClH/c1-23-18-27(32(40)38-22-28-21-35-36(5)31(28)20-26-8-6-7-9-30(26)38)11-10-25(23)12-13-29(39)19-24-14-16-37(17-15-24)33(41)42-34(2,3)4;1-20-15-24(8-7-22(20)9-10-26(34)16-21-11-13-30-14-12-21)29(35)33-19-25-18-31-32(2)28(25)17-23-5-3-4-6-27(23)33;/h6-11,18,21,24H,12-17,19-20,22H2,1-5H3;3-8,15,18,21,30H,9-14,16-17,19H2,1-2H3;1H. The quantitative estimate of drug-likeness (QED) is 0.126. The number of amides is 3. The molecule has 412 valence electrons. The number of fused-ring (bicyclic) bond motifs is 4. The molecule has 0 unspecified atom stereocenters. The molecule has 4 aromatic carbocycles. The van der Waals surface area contributed by atoms with Crippen LogP contribution < -0.4 is 15.1 Å². The second kappa shape index (κ2) is 25.3. The number of benzene rings is 4. The van der Waals surface area contributed by atoms with Gasteiger partial charge in [0.1, 0.15) is 17.2 Å². The third kappa shape index (κ3) is 13.9. The lowest BCUT2D eigenvalue weighted by atomic mass is 9.90. The smallest absolute Gasteiger partial charge is 0.410 e. The third-order valence-corrected chi connectivity index (χ3v) is 16.0. The topological polar surface area (TPSA) is 152 Å². The van der Waals surface area contributed by atoms with Gasteiger partial charge in [-0.3, -0.25) is 28.5 Å². The van der Waals surface area contributed by atoms with E-state index in [0.717, 1.165) is 125 Å². The fourth-order valence-electron chi connectivity index (χ4n) is 11.5. The van der Waals surface area contributed by atoms with E-state index >= 15 is 0 Å². The van der Waals surface area contributed by atoms with Crippen molar-refractivity contribution in [1.82, 2.24) is 29.8 Å². The summed E-state index contributed by atoms with van der Waals surface area (Å²) in [6, 6.07) is 28.0. The van der Waals surface area contributed by atoms with Crippen LogP contribution in [0.2, 0.25) is 0 Å². The van der Waals surface area contributed by atoms with Gasteiger partial charge in [0, 0.05) is 111 Å². The second-order valence-corrected chi connectivity index (χ2v) is 22.7. The Labute approximate surface area is 466 Å². The second-order valence-electron chi connectivity index (χ2n) is 22.7. The molecule has 6 aromatic rings. The van der Waals surface area contributed by atoms with Gasteiger partial charge in [-0.2, -0.15) is 10.2 Å². The minimum atomic E-state index is -0.504. The third-order valence-electron chi connectivity index (χ3n) is 16.0. The zero-order chi connectivity index (χ0) is 54.4. The van der Waals surface area contributed by atoms with Crippen LogP contribution in [0.3, 0.4) is 0 Å². The van der Waals surface area contributed by atoms with Gasteiger partial charge in [-0.15, -0.1) is 12.4 Å². The van der Waals surface area contributed by atoms with E-state index in [0.29, 0.717) is 87.0 Å². The predicted molar refractivity (Wildman–Crippen MR) is 308 cm³/mol. The summed E-state index contributed by atoms with van der Waals surface area (Å²) in [6.45, 7) is 14.0. The van der Waals surface area contributed by atoms with Crippen LogP contribution in [0.1, 0.15) is 149 Å². The molecule has 1 N–H and O–H groups in total. The number of piperidine rings is 2. The number of likely N-dealkylation sites (tertiary alicyclic amines) is 1. The molecular weight excluding hydrogens is 1000 g/mol. The average Bonchev–Trinajstić information content (AvgIpc) is 3.83. The van der Waals surface area contributed by atoms with Crippen LogP contribution in [-0.2, 0) is 67.2 Å². The van der Waals surface area contributed by atoms with Crippen molar-refractivity contribution in [3.8, 4) is 0 Å². The van der Waals surface area contributed by atoms with Gasteiger partial charge in [-0.25, -0.2) is 4.79 Å². The Bertz CT molecular complexity index is 3140. The molecule has 0 radical (unpaired) electrons. The first-order valence-corrected chi connectivity index (χ1v) is 27.7.